The van der Waals surface area contributed by atoms with E-state index in [0.29, 0.717) is 17.6 Å². The molecule has 2 aromatic heterocycles. The summed E-state index contributed by atoms with van der Waals surface area (Å²) in [6.07, 6.45) is 1.88. The summed E-state index contributed by atoms with van der Waals surface area (Å²) in [5, 5.41) is 3.83. The summed E-state index contributed by atoms with van der Waals surface area (Å²) >= 11 is 0. The zero-order valence-electron chi connectivity index (χ0n) is 13.0. The molecule has 1 fully saturated rings. The van der Waals surface area contributed by atoms with Crippen LogP contribution in [0, 0.1) is 6.92 Å². The SMILES string of the molecule is COc1ccc(CN2CCN(Cc3nc(C)no3)CC2)cn1. The normalized spacial score (nSPS) is 16.8. The lowest BCUT2D eigenvalue weighted by Crippen LogP contribution is -2.45. The number of aryl methyl sites for hydroxylation is 1. The zero-order valence-corrected chi connectivity index (χ0v) is 13.0. The Morgan fingerprint density at radius 3 is 2.41 bits per heavy atom. The zero-order chi connectivity index (χ0) is 15.4. The van der Waals surface area contributed by atoms with Crippen molar-refractivity contribution in [3.8, 4) is 5.88 Å². The summed E-state index contributed by atoms with van der Waals surface area (Å²) in [7, 11) is 1.63. The number of pyridine rings is 1. The van der Waals surface area contributed by atoms with Crippen LogP contribution in [0.1, 0.15) is 17.3 Å². The van der Waals surface area contributed by atoms with Crippen LogP contribution in [-0.4, -0.2) is 58.2 Å². The van der Waals surface area contributed by atoms with Crippen molar-refractivity contribution in [3.05, 3.63) is 35.6 Å². The van der Waals surface area contributed by atoms with Crippen molar-refractivity contribution in [1.82, 2.24) is 24.9 Å². The van der Waals surface area contributed by atoms with E-state index >= 15 is 0 Å². The van der Waals surface area contributed by atoms with E-state index in [4.69, 9.17) is 9.26 Å². The van der Waals surface area contributed by atoms with Gasteiger partial charge in [0.15, 0.2) is 5.82 Å². The minimum absolute atomic E-state index is 0.656. The van der Waals surface area contributed by atoms with Crippen molar-refractivity contribution in [2.75, 3.05) is 33.3 Å². The van der Waals surface area contributed by atoms with E-state index in [0.717, 1.165) is 39.3 Å². The molecule has 3 heterocycles. The van der Waals surface area contributed by atoms with Gasteiger partial charge in [-0.1, -0.05) is 11.2 Å². The Morgan fingerprint density at radius 1 is 1.14 bits per heavy atom. The summed E-state index contributed by atoms with van der Waals surface area (Å²) in [4.78, 5) is 13.3. The lowest BCUT2D eigenvalue weighted by atomic mass is 10.2. The van der Waals surface area contributed by atoms with Gasteiger partial charge in [0.25, 0.3) is 0 Å². The molecule has 3 rings (SSSR count). The molecule has 0 N–H and O–H groups in total. The Balaban J connectivity index is 1.46. The predicted octanol–water partition coefficient (Wildman–Crippen LogP) is 1.10. The fourth-order valence-corrected chi connectivity index (χ4v) is 2.58. The number of hydrogen-bond acceptors (Lipinski definition) is 7. The average Bonchev–Trinajstić information content (AvgIpc) is 2.95. The van der Waals surface area contributed by atoms with Crippen molar-refractivity contribution in [2.24, 2.45) is 0 Å². The summed E-state index contributed by atoms with van der Waals surface area (Å²) < 4.78 is 10.3. The van der Waals surface area contributed by atoms with Gasteiger partial charge in [0.2, 0.25) is 11.8 Å². The van der Waals surface area contributed by atoms with Crippen LogP contribution in [0.25, 0.3) is 0 Å². The maximum absolute atomic E-state index is 5.17. The van der Waals surface area contributed by atoms with E-state index in [1.54, 1.807) is 7.11 Å². The molecule has 2 aromatic rings. The number of aromatic nitrogens is 3. The number of rotatable bonds is 5. The van der Waals surface area contributed by atoms with Crippen LogP contribution in [0.5, 0.6) is 5.88 Å². The Bertz CT molecular complexity index is 590. The first-order valence-corrected chi connectivity index (χ1v) is 7.46. The van der Waals surface area contributed by atoms with Crippen LogP contribution in [0.2, 0.25) is 0 Å². The van der Waals surface area contributed by atoms with Crippen molar-refractivity contribution < 1.29 is 9.26 Å². The molecular formula is C15H21N5O2. The van der Waals surface area contributed by atoms with Crippen molar-refractivity contribution in [1.29, 1.82) is 0 Å². The second kappa shape index (κ2) is 6.85. The fraction of sp³-hybridized carbons (Fsp3) is 0.533. The molecule has 0 radical (unpaired) electrons. The van der Waals surface area contributed by atoms with Gasteiger partial charge in [-0.3, -0.25) is 9.80 Å². The molecule has 0 aromatic carbocycles. The molecule has 7 heteroatoms. The standard InChI is InChI=1S/C15H21N5O2/c1-12-17-15(22-18-12)11-20-7-5-19(6-8-20)10-13-3-4-14(21-2)16-9-13/h3-4,9H,5-8,10-11H2,1-2H3. The van der Waals surface area contributed by atoms with Crippen LogP contribution in [-0.2, 0) is 13.1 Å². The molecule has 0 saturated carbocycles. The monoisotopic (exact) mass is 303 g/mol. The molecular weight excluding hydrogens is 282 g/mol. The first kappa shape index (κ1) is 14.9. The first-order chi connectivity index (χ1) is 10.7. The molecule has 1 aliphatic heterocycles. The van der Waals surface area contributed by atoms with E-state index in [-0.39, 0.29) is 0 Å². The van der Waals surface area contributed by atoms with Crippen LogP contribution >= 0.6 is 0 Å². The van der Waals surface area contributed by atoms with E-state index < -0.39 is 0 Å². The third-order valence-electron chi connectivity index (χ3n) is 3.81. The van der Waals surface area contributed by atoms with Gasteiger partial charge in [0, 0.05) is 45.0 Å². The average molecular weight is 303 g/mol. The summed E-state index contributed by atoms with van der Waals surface area (Å²) in [5.74, 6) is 2.05. The number of piperazine rings is 1. The molecule has 0 spiro atoms. The number of methoxy groups -OCH3 is 1. The predicted molar refractivity (Wildman–Crippen MR) is 80.4 cm³/mol. The second-order valence-corrected chi connectivity index (χ2v) is 5.50. The molecule has 118 valence electrons. The maximum Gasteiger partial charge on any atom is 0.240 e. The molecule has 1 saturated heterocycles. The third kappa shape index (κ3) is 3.80. The molecule has 1 aliphatic rings. The highest BCUT2D eigenvalue weighted by molar-refractivity contribution is 5.17. The lowest BCUT2D eigenvalue weighted by molar-refractivity contribution is 0.112. The Kier molecular flexibility index (Phi) is 4.65. The molecule has 0 atom stereocenters. The van der Waals surface area contributed by atoms with Gasteiger partial charge in [-0.15, -0.1) is 0 Å². The van der Waals surface area contributed by atoms with Crippen molar-refractivity contribution in [2.45, 2.75) is 20.0 Å². The topological polar surface area (TPSA) is 67.5 Å². The van der Waals surface area contributed by atoms with Crippen LogP contribution in [0.4, 0.5) is 0 Å². The fourth-order valence-electron chi connectivity index (χ4n) is 2.58. The molecule has 0 unspecified atom stereocenters. The van der Waals surface area contributed by atoms with Gasteiger partial charge in [-0.05, 0) is 12.5 Å². The van der Waals surface area contributed by atoms with Crippen LogP contribution < -0.4 is 4.74 Å². The van der Waals surface area contributed by atoms with Crippen LogP contribution in [0.3, 0.4) is 0 Å². The van der Waals surface area contributed by atoms with Gasteiger partial charge >= 0.3 is 0 Å². The third-order valence-corrected chi connectivity index (χ3v) is 3.81. The summed E-state index contributed by atoms with van der Waals surface area (Å²) in [6, 6.07) is 3.98. The number of ether oxygens (including phenoxy) is 1. The minimum Gasteiger partial charge on any atom is -0.481 e. The van der Waals surface area contributed by atoms with Crippen LogP contribution in [0.15, 0.2) is 22.9 Å². The molecule has 22 heavy (non-hydrogen) atoms. The Labute approximate surface area is 129 Å². The Hall–Kier alpha value is -1.99. The van der Waals surface area contributed by atoms with Gasteiger partial charge in [0.1, 0.15) is 0 Å². The lowest BCUT2D eigenvalue weighted by Gasteiger charge is -2.33. The highest BCUT2D eigenvalue weighted by Crippen LogP contribution is 2.12. The van der Waals surface area contributed by atoms with Gasteiger partial charge in [-0.2, -0.15) is 4.98 Å². The van der Waals surface area contributed by atoms with Crippen molar-refractivity contribution >= 4 is 0 Å². The first-order valence-electron chi connectivity index (χ1n) is 7.46. The van der Waals surface area contributed by atoms with Crippen molar-refractivity contribution in [3.63, 3.8) is 0 Å². The maximum atomic E-state index is 5.17. The number of hydrogen-bond donors (Lipinski definition) is 0. The van der Waals surface area contributed by atoms with E-state index in [2.05, 4.69) is 31.0 Å². The largest absolute Gasteiger partial charge is 0.481 e. The van der Waals surface area contributed by atoms with Gasteiger partial charge in [0.05, 0.1) is 13.7 Å². The highest BCUT2D eigenvalue weighted by Gasteiger charge is 2.19. The van der Waals surface area contributed by atoms with Gasteiger partial charge < -0.3 is 9.26 Å². The Morgan fingerprint density at radius 2 is 1.86 bits per heavy atom. The second-order valence-electron chi connectivity index (χ2n) is 5.50. The molecule has 7 nitrogen and oxygen atoms in total. The molecule has 0 bridgehead atoms. The van der Waals surface area contributed by atoms with E-state index in [1.807, 2.05) is 19.2 Å². The highest BCUT2D eigenvalue weighted by atomic mass is 16.5. The van der Waals surface area contributed by atoms with Gasteiger partial charge in [-0.25, -0.2) is 4.98 Å². The molecule has 0 aliphatic carbocycles. The number of nitrogens with zero attached hydrogens (tertiary/aromatic N) is 5. The quantitative estimate of drug-likeness (QED) is 0.819. The van der Waals surface area contributed by atoms with E-state index in [9.17, 15) is 0 Å². The summed E-state index contributed by atoms with van der Waals surface area (Å²) in [6.45, 7) is 7.56. The smallest absolute Gasteiger partial charge is 0.240 e. The van der Waals surface area contributed by atoms with E-state index in [1.165, 1.54) is 5.56 Å². The summed E-state index contributed by atoms with van der Waals surface area (Å²) in [5.41, 5.74) is 1.21. The minimum atomic E-state index is 0.656. The molecule has 0 amide bonds.